The maximum atomic E-state index is 12.2. The van der Waals surface area contributed by atoms with Crippen LogP contribution in [0.5, 0.6) is 0 Å². The van der Waals surface area contributed by atoms with Gasteiger partial charge in [-0.2, -0.15) is 0 Å². The summed E-state index contributed by atoms with van der Waals surface area (Å²) < 4.78 is 0. The van der Waals surface area contributed by atoms with Crippen LogP contribution in [0.1, 0.15) is 21.6 Å². The Morgan fingerprint density at radius 1 is 1.13 bits per heavy atom. The molecule has 0 saturated heterocycles. The van der Waals surface area contributed by atoms with Gasteiger partial charge in [-0.25, -0.2) is 15.0 Å². The topological polar surface area (TPSA) is 88.0 Å². The molecular weight excluding hydrogens is 312 g/mol. The zero-order valence-electron chi connectivity index (χ0n) is 12.1. The average molecular weight is 326 g/mol. The first-order valence-electron chi connectivity index (χ1n) is 6.96. The predicted molar refractivity (Wildman–Crippen MR) is 86.7 cm³/mol. The molecule has 116 valence electrons. The number of carbonyl (C=O) groups excluding carboxylic acids is 1. The number of nitrogens with one attached hydrogen (secondary N) is 1. The molecule has 0 radical (unpaired) electrons. The number of thiazole rings is 1. The normalized spacial score (nSPS) is 10.5. The maximum absolute atomic E-state index is 12.2. The second-order valence-electron chi connectivity index (χ2n) is 4.72. The van der Waals surface area contributed by atoms with Gasteiger partial charge >= 0.3 is 0 Å². The Kier molecular flexibility index (Phi) is 4.70. The van der Waals surface area contributed by atoms with Gasteiger partial charge in [0.15, 0.2) is 10.8 Å². The first-order valence-corrected chi connectivity index (χ1v) is 7.84. The average Bonchev–Trinajstić information content (AvgIpc) is 3.11. The van der Waals surface area contributed by atoms with Crippen LogP contribution in [0.25, 0.3) is 10.8 Å². The third-order valence-electron chi connectivity index (χ3n) is 3.22. The molecule has 1 amide bonds. The highest BCUT2D eigenvalue weighted by molar-refractivity contribution is 7.13. The molecule has 0 unspecified atom stereocenters. The highest BCUT2D eigenvalue weighted by Crippen LogP contribution is 2.19. The molecular formula is C16H14N4O2S. The smallest absolute Gasteiger partial charge is 0.271 e. The van der Waals surface area contributed by atoms with Crippen molar-refractivity contribution >= 4 is 17.2 Å². The highest BCUT2D eigenvalue weighted by atomic mass is 32.1. The first-order chi connectivity index (χ1) is 11.3. The number of aliphatic hydroxyl groups is 1. The van der Waals surface area contributed by atoms with Crippen molar-refractivity contribution in [1.29, 1.82) is 0 Å². The Hall–Kier alpha value is -2.64. The van der Waals surface area contributed by atoms with E-state index in [2.05, 4.69) is 20.3 Å². The van der Waals surface area contributed by atoms with Crippen molar-refractivity contribution < 1.29 is 9.90 Å². The number of rotatable bonds is 5. The van der Waals surface area contributed by atoms with Crippen LogP contribution in [0.2, 0.25) is 0 Å². The van der Waals surface area contributed by atoms with Crippen molar-refractivity contribution in [2.24, 2.45) is 0 Å². The Balaban J connectivity index is 1.68. The monoisotopic (exact) mass is 326 g/mol. The molecule has 23 heavy (non-hydrogen) atoms. The maximum Gasteiger partial charge on any atom is 0.271 e. The summed E-state index contributed by atoms with van der Waals surface area (Å²) in [7, 11) is 0. The van der Waals surface area contributed by atoms with Gasteiger partial charge in [0, 0.05) is 24.3 Å². The number of hydrogen-bond acceptors (Lipinski definition) is 6. The standard InChI is InChI=1S/C16H14N4O2S/c21-9-12-5-2-1-4-11(12)8-19-15(22)13-10-23-16(20-13)14-17-6-3-7-18-14/h1-7,10,21H,8-9H2,(H,19,22). The van der Waals surface area contributed by atoms with Crippen LogP contribution >= 0.6 is 11.3 Å². The Morgan fingerprint density at radius 3 is 2.61 bits per heavy atom. The van der Waals surface area contributed by atoms with Gasteiger partial charge in [-0.15, -0.1) is 11.3 Å². The van der Waals surface area contributed by atoms with Crippen LogP contribution in [0.15, 0.2) is 48.1 Å². The number of amides is 1. The fraction of sp³-hybridized carbons (Fsp3) is 0.125. The Morgan fingerprint density at radius 2 is 1.87 bits per heavy atom. The van der Waals surface area contributed by atoms with Crippen molar-refractivity contribution in [3.8, 4) is 10.8 Å². The largest absolute Gasteiger partial charge is 0.392 e. The summed E-state index contributed by atoms with van der Waals surface area (Å²) in [6.07, 6.45) is 3.27. The van der Waals surface area contributed by atoms with Gasteiger partial charge in [-0.3, -0.25) is 4.79 Å². The summed E-state index contributed by atoms with van der Waals surface area (Å²) >= 11 is 1.32. The molecule has 0 aliphatic heterocycles. The molecule has 0 spiro atoms. The fourth-order valence-corrected chi connectivity index (χ4v) is 2.79. The van der Waals surface area contributed by atoms with E-state index in [4.69, 9.17) is 0 Å². The van der Waals surface area contributed by atoms with Crippen LogP contribution in [0, 0.1) is 0 Å². The first kappa shape index (κ1) is 15.3. The van der Waals surface area contributed by atoms with Crippen molar-refractivity contribution in [2.75, 3.05) is 0 Å². The van der Waals surface area contributed by atoms with E-state index >= 15 is 0 Å². The van der Waals surface area contributed by atoms with E-state index in [9.17, 15) is 9.90 Å². The van der Waals surface area contributed by atoms with Crippen LogP contribution in [-0.4, -0.2) is 26.0 Å². The van der Waals surface area contributed by atoms with Crippen LogP contribution in [0.4, 0.5) is 0 Å². The molecule has 0 aliphatic carbocycles. The molecule has 2 aromatic heterocycles. The van der Waals surface area contributed by atoms with Gasteiger partial charge in [0.05, 0.1) is 6.61 Å². The number of carbonyl (C=O) groups is 1. The molecule has 3 aromatic rings. The van der Waals surface area contributed by atoms with E-state index in [0.717, 1.165) is 11.1 Å². The van der Waals surface area contributed by atoms with E-state index in [-0.39, 0.29) is 12.5 Å². The van der Waals surface area contributed by atoms with E-state index in [1.165, 1.54) is 11.3 Å². The zero-order valence-corrected chi connectivity index (χ0v) is 13.0. The quantitative estimate of drug-likeness (QED) is 0.749. The summed E-state index contributed by atoms with van der Waals surface area (Å²) in [6.45, 7) is 0.280. The molecule has 0 saturated carbocycles. The van der Waals surface area contributed by atoms with Gasteiger partial charge in [0.2, 0.25) is 0 Å². The second-order valence-corrected chi connectivity index (χ2v) is 5.58. The molecule has 2 heterocycles. The molecule has 1 aromatic carbocycles. The molecule has 6 nitrogen and oxygen atoms in total. The lowest BCUT2D eigenvalue weighted by atomic mass is 10.1. The van der Waals surface area contributed by atoms with Gasteiger partial charge in [-0.05, 0) is 17.2 Å². The van der Waals surface area contributed by atoms with Crippen LogP contribution in [0.3, 0.4) is 0 Å². The Bertz CT molecular complexity index is 805. The van der Waals surface area contributed by atoms with Crippen molar-refractivity contribution in [3.63, 3.8) is 0 Å². The minimum Gasteiger partial charge on any atom is -0.392 e. The number of aliphatic hydroxyl groups excluding tert-OH is 1. The molecule has 2 N–H and O–H groups in total. The van der Waals surface area contributed by atoms with Crippen LogP contribution < -0.4 is 5.32 Å². The van der Waals surface area contributed by atoms with Crippen LogP contribution in [-0.2, 0) is 13.2 Å². The Labute approximate surface area is 136 Å². The minimum atomic E-state index is -0.267. The third kappa shape index (κ3) is 3.58. The molecule has 7 heteroatoms. The highest BCUT2D eigenvalue weighted by Gasteiger charge is 2.13. The molecule has 0 atom stereocenters. The summed E-state index contributed by atoms with van der Waals surface area (Å²) in [5.74, 6) is 0.235. The zero-order chi connectivity index (χ0) is 16.1. The molecule has 0 fully saturated rings. The molecule has 3 rings (SSSR count). The fourth-order valence-electron chi connectivity index (χ4n) is 2.04. The number of benzene rings is 1. The molecule has 0 aliphatic rings. The van der Waals surface area contributed by atoms with E-state index < -0.39 is 0 Å². The van der Waals surface area contributed by atoms with Gasteiger partial charge in [-0.1, -0.05) is 24.3 Å². The lowest BCUT2D eigenvalue weighted by Gasteiger charge is -2.07. The van der Waals surface area contributed by atoms with E-state index in [1.54, 1.807) is 23.8 Å². The van der Waals surface area contributed by atoms with Gasteiger partial charge < -0.3 is 10.4 Å². The summed E-state index contributed by atoms with van der Waals surface area (Å²) in [6, 6.07) is 9.15. The number of aromatic nitrogens is 3. The van der Waals surface area contributed by atoms with Gasteiger partial charge in [0.1, 0.15) is 5.69 Å². The van der Waals surface area contributed by atoms with Crippen molar-refractivity contribution in [2.45, 2.75) is 13.2 Å². The van der Waals surface area contributed by atoms with Gasteiger partial charge in [0.25, 0.3) is 5.91 Å². The minimum absolute atomic E-state index is 0.0573. The number of nitrogens with zero attached hydrogens (tertiary/aromatic N) is 3. The summed E-state index contributed by atoms with van der Waals surface area (Å²) in [4.78, 5) is 24.7. The lowest BCUT2D eigenvalue weighted by molar-refractivity contribution is 0.0946. The van der Waals surface area contributed by atoms with E-state index in [0.29, 0.717) is 23.1 Å². The lowest BCUT2D eigenvalue weighted by Crippen LogP contribution is -2.23. The summed E-state index contributed by atoms with van der Waals surface area (Å²) in [5.41, 5.74) is 2.01. The predicted octanol–water partition coefficient (Wildman–Crippen LogP) is 2.02. The SMILES string of the molecule is O=C(NCc1ccccc1CO)c1csc(-c2ncccn2)n1. The molecule has 0 bridgehead atoms. The van der Waals surface area contributed by atoms with Crippen molar-refractivity contribution in [3.05, 3.63) is 64.9 Å². The van der Waals surface area contributed by atoms with E-state index in [1.807, 2.05) is 24.3 Å². The second kappa shape index (κ2) is 7.08. The third-order valence-corrected chi connectivity index (χ3v) is 4.06. The number of hydrogen-bond donors (Lipinski definition) is 2. The summed E-state index contributed by atoms with van der Waals surface area (Å²) in [5, 5.41) is 14.4. The van der Waals surface area contributed by atoms with Crippen molar-refractivity contribution in [1.82, 2.24) is 20.3 Å².